The number of alkyl halides is 1. The summed E-state index contributed by atoms with van der Waals surface area (Å²) in [6.07, 6.45) is 1.27. The molecule has 0 saturated heterocycles. The molecular formula is C13H10BrCl2FN2O. The van der Waals surface area contributed by atoms with Gasteiger partial charge in [-0.3, -0.25) is 0 Å². The van der Waals surface area contributed by atoms with Crippen LogP contribution in [-0.4, -0.2) is 17.1 Å². The summed E-state index contributed by atoms with van der Waals surface area (Å²) in [4.78, 5) is 7.86. The molecule has 1 unspecified atom stereocenters. The number of benzene rings is 1. The summed E-state index contributed by atoms with van der Waals surface area (Å²) in [7, 11) is 1.43. The minimum atomic E-state index is -0.505. The molecule has 106 valence electrons. The van der Waals surface area contributed by atoms with Gasteiger partial charge in [0.15, 0.2) is 0 Å². The van der Waals surface area contributed by atoms with E-state index in [1.54, 1.807) is 6.07 Å². The van der Waals surface area contributed by atoms with Crippen LogP contribution in [0.4, 0.5) is 4.39 Å². The van der Waals surface area contributed by atoms with Crippen LogP contribution in [-0.2, 0) is 0 Å². The Bertz CT molecular complexity index is 653. The second-order valence-electron chi connectivity index (χ2n) is 4.02. The Hall–Kier alpha value is -0.910. The Morgan fingerprint density at radius 3 is 2.60 bits per heavy atom. The van der Waals surface area contributed by atoms with Crippen molar-refractivity contribution in [2.75, 3.05) is 7.11 Å². The Morgan fingerprint density at radius 2 is 2.00 bits per heavy atom. The van der Waals surface area contributed by atoms with Gasteiger partial charge in [-0.25, -0.2) is 14.4 Å². The maximum atomic E-state index is 14.1. The lowest BCUT2D eigenvalue weighted by Gasteiger charge is -2.12. The molecule has 0 aliphatic rings. The van der Waals surface area contributed by atoms with Gasteiger partial charge >= 0.3 is 0 Å². The highest BCUT2D eigenvalue weighted by atomic mass is 79.9. The van der Waals surface area contributed by atoms with Crippen LogP contribution >= 0.6 is 39.1 Å². The van der Waals surface area contributed by atoms with Crippen LogP contribution in [0.2, 0.25) is 10.0 Å². The smallest absolute Gasteiger partial charge is 0.236 e. The third-order valence-corrected chi connectivity index (χ3v) is 3.88. The fourth-order valence-electron chi connectivity index (χ4n) is 1.74. The maximum Gasteiger partial charge on any atom is 0.236 e. The molecule has 0 saturated carbocycles. The molecule has 0 radical (unpaired) electrons. The molecule has 2 rings (SSSR count). The van der Waals surface area contributed by atoms with E-state index >= 15 is 0 Å². The highest BCUT2D eigenvalue weighted by Gasteiger charge is 2.18. The number of methoxy groups -OCH3 is 1. The van der Waals surface area contributed by atoms with Crippen molar-refractivity contribution in [3.05, 3.63) is 39.9 Å². The molecule has 0 aliphatic carbocycles. The molecule has 3 nitrogen and oxygen atoms in total. The third kappa shape index (κ3) is 2.90. The zero-order valence-corrected chi connectivity index (χ0v) is 13.7. The van der Waals surface area contributed by atoms with E-state index in [-0.39, 0.29) is 27.0 Å². The minimum absolute atomic E-state index is 0.0307. The number of hydrogen-bond acceptors (Lipinski definition) is 3. The van der Waals surface area contributed by atoms with Crippen LogP contribution in [0.15, 0.2) is 18.5 Å². The van der Waals surface area contributed by atoms with Gasteiger partial charge in [0.1, 0.15) is 17.2 Å². The Labute approximate surface area is 134 Å². The zero-order chi connectivity index (χ0) is 14.9. The van der Waals surface area contributed by atoms with Gasteiger partial charge in [0, 0.05) is 15.4 Å². The number of aromatic nitrogens is 2. The van der Waals surface area contributed by atoms with Crippen molar-refractivity contribution in [2.45, 2.75) is 11.8 Å². The van der Waals surface area contributed by atoms with Gasteiger partial charge in [-0.1, -0.05) is 39.1 Å². The Morgan fingerprint density at radius 1 is 1.30 bits per heavy atom. The van der Waals surface area contributed by atoms with E-state index in [0.717, 1.165) is 5.56 Å². The van der Waals surface area contributed by atoms with Gasteiger partial charge < -0.3 is 4.74 Å². The Kier molecular flexibility index (Phi) is 4.83. The first-order valence-corrected chi connectivity index (χ1v) is 7.30. The minimum Gasteiger partial charge on any atom is -0.480 e. The van der Waals surface area contributed by atoms with Gasteiger partial charge in [-0.2, -0.15) is 0 Å². The topological polar surface area (TPSA) is 35.0 Å². The molecule has 0 bridgehead atoms. The Balaban J connectivity index is 2.67. The average molecular weight is 380 g/mol. The van der Waals surface area contributed by atoms with Crippen molar-refractivity contribution in [1.82, 2.24) is 9.97 Å². The predicted molar refractivity (Wildman–Crippen MR) is 81.3 cm³/mol. The molecule has 0 amide bonds. The van der Waals surface area contributed by atoms with E-state index < -0.39 is 5.82 Å². The maximum absolute atomic E-state index is 14.1. The number of hydrogen-bond donors (Lipinski definition) is 0. The van der Waals surface area contributed by atoms with Gasteiger partial charge in [-0.15, -0.1) is 0 Å². The zero-order valence-electron chi connectivity index (χ0n) is 10.6. The molecule has 0 fully saturated rings. The van der Waals surface area contributed by atoms with E-state index in [1.807, 2.05) is 6.92 Å². The standard InChI is InChI=1S/C13H10BrCl2FN2O/c1-6(14)7-3-8(10(17)4-9(7)15)12-11(16)13(20-2)19-5-18-12/h3-6H,1-2H3. The molecule has 1 aromatic heterocycles. The molecule has 0 aliphatic heterocycles. The summed E-state index contributed by atoms with van der Waals surface area (Å²) in [6.45, 7) is 1.89. The van der Waals surface area contributed by atoms with Gasteiger partial charge in [0.25, 0.3) is 0 Å². The monoisotopic (exact) mass is 378 g/mol. The second kappa shape index (κ2) is 6.24. The van der Waals surface area contributed by atoms with Crippen LogP contribution in [0.3, 0.4) is 0 Å². The highest BCUT2D eigenvalue weighted by Crippen LogP contribution is 2.38. The largest absolute Gasteiger partial charge is 0.480 e. The molecule has 1 aromatic carbocycles. The van der Waals surface area contributed by atoms with E-state index in [2.05, 4.69) is 25.9 Å². The molecule has 1 heterocycles. The fraction of sp³-hybridized carbons (Fsp3) is 0.231. The van der Waals surface area contributed by atoms with Crippen molar-refractivity contribution in [3.63, 3.8) is 0 Å². The summed E-state index contributed by atoms with van der Waals surface area (Å²) < 4.78 is 19.1. The first kappa shape index (κ1) is 15.5. The summed E-state index contributed by atoms with van der Waals surface area (Å²) in [5.74, 6) is -0.311. The van der Waals surface area contributed by atoms with Crippen LogP contribution < -0.4 is 4.74 Å². The summed E-state index contributed by atoms with van der Waals surface area (Å²) in [5.41, 5.74) is 1.26. The van der Waals surface area contributed by atoms with Crippen molar-refractivity contribution in [1.29, 1.82) is 0 Å². The number of rotatable bonds is 3. The molecule has 1 atom stereocenters. The quantitative estimate of drug-likeness (QED) is 0.699. The van der Waals surface area contributed by atoms with Crippen molar-refractivity contribution >= 4 is 39.1 Å². The van der Waals surface area contributed by atoms with Gasteiger partial charge in [0.05, 0.1) is 12.8 Å². The molecule has 7 heteroatoms. The second-order valence-corrected chi connectivity index (χ2v) is 6.17. The molecule has 2 aromatic rings. The van der Waals surface area contributed by atoms with Crippen molar-refractivity contribution in [2.24, 2.45) is 0 Å². The third-order valence-electron chi connectivity index (χ3n) is 2.72. The van der Waals surface area contributed by atoms with Gasteiger partial charge in [0.2, 0.25) is 5.88 Å². The van der Waals surface area contributed by atoms with Gasteiger partial charge in [-0.05, 0) is 24.6 Å². The first-order valence-electron chi connectivity index (χ1n) is 5.63. The van der Waals surface area contributed by atoms with E-state index in [0.29, 0.717) is 5.02 Å². The number of ether oxygens (including phenoxy) is 1. The van der Waals surface area contributed by atoms with Crippen LogP contribution in [0.25, 0.3) is 11.3 Å². The summed E-state index contributed by atoms with van der Waals surface area (Å²) >= 11 is 15.6. The molecule has 0 spiro atoms. The lowest BCUT2D eigenvalue weighted by atomic mass is 10.1. The average Bonchev–Trinajstić information content (AvgIpc) is 2.39. The van der Waals surface area contributed by atoms with E-state index in [4.69, 9.17) is 27.9 Å². The molecule has 20 heavy (non-hydrogen) atoms. The summed E-state index contributed by atoms with van der Waals surface area (Å²) in [6, 6.07) is 2.86. The van der Waals surface area contributed by atoms with Crippen molar-refractivity contribution in [3.8, 4) is 17.1 Å². The predicted octanol–water partition coefficient (Wildman–Crippen LogP) is 5.05. The van der Waals surface area contributed by atoms with Crippen LogP contribution in [0, 0.1) is 5.82 Å². The van der Waals surface area contributed by atoms with Crippen LogP contribution in [0.5, 0.6) is 5.88 Å². The lowest BCUT2D eigenvalue weighted by Crippen LogP contribution is -1.97. The highest BCUT2D eigenvalue weighted by molar-refractivity contribution is 9.09. The lowest BCUT2D eigenvalue weighted by molar-refractivity contribution is 0.397. The fourth-order valence-corrected chi connectivity index (χ4v) is 2.84. The first-order chi connectivity index (χ1) is 9.45. The van der Waals surface area contributed by atoms with E-state index in [1.165, 1.54) is 19.5 Å². The van der Waals surface area contributed by atoms with E-state index in [9.17, 15) is 4.39 Å². The molecular weight excluding hydrogens is 370 g/mol. The van der Waals surface area contributed by atoms with Crippen LogP contribution in [0.1, 0.15) is 17.3 Å². The number of halogens is 4. The van der Waals surface area contributed by atoms with Crippen molar-refractivity contribution < 1.29 is 9.13 Å². The summed E-state index contributed by atoms with van der Waals surface area (Å²) in [5, 5.41) is 0.497. The normalized spacial score (nSPS) is 12.3. The SMILES string of the molecule is COc1ncnc(-c2cc(C(C)Br)c(Cl)cc2F)c1Cl. The molecule has 0 N–H and O–H groups in total. The number of nitrogens with zero attached hydrogens (tertiary/aromatic N) is 2.